The number of nitrogen functional groups attached to an aromatic ring is 1. The van der Waals surface area contributed by atoms with Gasteiger partial charge in [-0.2, -0.15) is 4.31 Å². The van der Waals surface area contributed by atoms with E-state index in [1.165, 1.54) is 0 Å². The molecule has 0 spiro atoms. The lowest BCUT2D eigenvalue weighted by atomic mass is 10.3. The van der Waals surface area contributed by atoms with Gasteiger partial charge in [-0.1, -0.05) is 6.92 Å². The van der Waals surface area contributed by atoms with Crippen LogP contribution in [0, 0.1) is 0 Å². The van der Waals surface area contributed by atoms with Gasteiger partial charge in [-0.3, -0.25) is 0 Å². The van der Waals surface area contributed by atoms with E-state index in [1.54, 1.807) is 16.6 Å². The molecule has 7 heteroatoms. The molecule has 1 aliphatic rings. The fourth-order valence-corrected chi connectivity index (χ4v) is 3.69. The zero-order valence-corrected chi connectivity index (χ0v) is 11.9. The average molecular weight is 284 g/mol. The van der Waals surface area contributed by atoms with Gasteiger partial charge >= 0.3 is 0 Å². The van der Waals surface area contributed by atoms with Crippen LogP contribution in [0.5, 0.6) is 0 Å². The van der Waals surface area contributed by atoms with Crippen LogP contribution in [0.4, 0.5) is 11.5 Å². The Morgan fingerprint density at radius 2 is 1.95 bits per heavy atom. The average Bonchev–Trinajstić information content (AvgIpc) is 2.40. The Morgan fingerprint density at radius 3 is 2.47 bits per heavy atom. The van der Waals surface area contributed by atoms with Crippen molar-refractivity contribution in [3.63, 3.8) is 0 Å². The predicted molar refractivity (Wildman–Crippen MR) is 76.5 cm³/mol. The maximum Gasteiger partial charge on any atom is 0.214 e. The molecule has 106 valence electrons. The minimum absolute atomic E-state index is 0.233. The van der Waals surface area contributed by atoms with Crippen LogP contribution in [0.25, 0.3) is 0 Å². The highest BCUT2D eigenvalue weighted by atomic mass is 32.2. The third kappa shape index (κ3) is 3.36. The molecular weight excluding hydrogens is 264 g/mol. The summed E-state index contributed by atoms with van der Waals surface area (Å²) in [7, 11) is -3.07. The Kier molecular flexibility index (Phi) is 4.26. The number of hydrogen-bond acceptors (Lipinski definition) is 5. The molecule has 1 fully saturated rings. The highest BCUT2D eigenvalue weighted by Gasteiger charge is 2.26. The molecule has 19 heavy (non-hydrogen) atoms. The molecule has 0 atom stereocenters. The summed E-state index contributed by atoms with van der Waals surface area (Å²) in [6.45, 7) is 4.33. The standard InChI is InChI=1S/C12H20N4O2S/c1-2-9-19(17,18)16-7-5-15(6-8-16)11-3-4-12(13)14-10-11/h3-4,10H,2,5-9H2,1H3,(H2,13,14). The quantitative estimate of drug-likeness (QED) is 0.872. The van der Waals surface area contributed by atoms with Gasteiger partial charge in [-0.25, -0.2) is 13.4 Å². The Hall–Kier alpha value is -1.34. The summed E-state index contributed by atoms with van der Waals surface area (Å²) in [5.74, 6) is 0.726. The van der Waals surface area contributed by atoms with E-state index in [4.69, 9.17) is 5.73 Å². The lowest BCUT2D eigenvalue weighted by Gasteiger charge is -2.35. The molecule has 1 aliphatic heterocycles. The second-order valence-electron chi connectivity index (χ2n) is 4.64. The molecule has 0 aliphatic carbocycles. The van der Waals surface area contributed by atoms with Crippen molar-refractivity contribution in [3.8, 4) is 0 Å². The van der Waals surface area contributed by atoms with Crippen molar-refractivity contribution in [2.24, 2.45) is 0 Å². The van der Waals surface area contributed by atoms with Crippen molar-refractivity contribution in [3.05, 3.63) is 18.3 Å². The van der Waals surface area contributed by atoms with E-state index in [1.807, 2.05) is 13.0 Å². The first-order valence-electron chi connectivity index (χ1n) is 6.47. The molecule has 6 nitrogen and oxygen atoms in total. The summed E-state index contributed by atoms with van der Waals surface area (Å²) >= 11 is 0. The Bertz CT molecular complexity index is 507. The van der Waals surface area contributed by atoms with Crippen molar-refractivity contribution in [1.82, 2.24) is 9.29 Å². The minimum Gasteiger partial charge on any atom is -0.384 e. The molecule has 0 radical (unpaired) electrons. The zero-order chi connectivity index (χ0) is 13.9. The van der Waals surface area contributed by atoms with Gasteiger partial charge in [0, 0.05) is 26.2 Å². The van der Waals surface area contributed by atoms with Crippen LogP contribution in [-0.4, -0.2) is 49.6 Å². The number of rotatable bonds is 4. The van der Waals surface area contributed by atoms with Gasteiger partial charge in [0.15, 0.2) is 0 Å². The van der Waals surface area contributed by atoms with E-state index in [0.717, 1.165) is 5.69 Å². The second-order valence-corrected chi connectivity index (χ2v) is 6.73. The second kappa shape index (κ2) is 5.75. The van der Waals surface area contributed by atoms with Crippen molar-refractivity contribution in [1.29, 1.82) is 0 Å². The number of nitrogens with two attached hydrogens (primary N) is 1. The van der Waals surface area contributed by atoms with Crippen molar-refractivity contribution in [2.75, 3.05) is 42.6 Å². The molecule has 0 bridgehead atoms. The van der Waals surface area contributed by atoms with Crippen molar-refractivity contribution in [2.45, 2.75) is 13.3 Å². The number of hydrogen-bond donors (Lipinski definition) is 1. The molecule has 1 saturated heterocycles. The molecule has 1 aromatic rings. The molecule has 2 heterocycles. The fraction of sp³-hybridized carbons (Fsp3) is 0.583. The molecule has 2 rings (SSSR count). The van der Waals surface area contributed by atoms with Crippen LogP contribution in [0.1, 0.15) is 13.3 Å². The number of pyridine rings is 1. The van der Waals surface area contributed by atoms with E-state index in [9.17, 15) is 8.42 Å². The van der Waals surface area contributed by atoms with Gasteiger partial charge < -0.3 is 10.6 Å². The van der Waals surface area contributed by atoms with E-state index < -0.39 is 10.0 Å². The SMILES string of the molecule is CCCS(=O)(=O)N1CCN(c2ccc(N)nc2)CC1. The number of piperazine rings is 1. The third-order valence-electron chi connectivity index (χ3n) is 3.23. The molecule has 0 amide bonds. The topological polar surface area (TPSA) is 79.5 Å². The first kappa shape index (κ1) is 14.1. The van der Waals surface area contributed by atoms with E-state index in [0.29, 0.717) is 38.4 Å². The number of aromatic nitrogens is 1. The van der Waals surface area contributed by atoms with Gasteiger partial charge in [0.05, 0.1) is 17.6 Å². The van der Waals surface area contributed by atoms with E-state index >= 15 is 0 Å². The summed E-state index contributed by atoms with van der Waals surface area (Å²) in [5, 5.41) is 0. The van der Waals surface area contributed by atoms with E-state index in [-0.39, 0.29) is 5.75 Å². The molecule has 0 aromatic carbocycles. The Morgan fingerprint density at radius 1 is 1.26 bits per heavy atom. The monoisotopic (exact) mass is 284 g/mol. The predicted octanol–water partition coefficient (Wildman–Crippen LogP) is 0.526. The van der Waals surface area contributed by atoms with Crippen LogP contribution in [0.2, 0.25) is 0 Å². The summed E-state index contributed by atoms with van der Waals surface area (Å²) in [6, 6.07) is 3.67. The van der Waals surface area contributed by atoms with Crippen LogP contribution < -0.4 is 10.6 Å². The number of sulfonamides is 1. The Labute approximate surface area is 114 Å². The third-order valence-corrected chi connectivity index (χ3v) is 5.31. The van der Waals surface area contributed by atoms with Crippen LogP contribution in [0.15, 0.2) is 18.3 Å². The largest absolute Gasteiger partial charge is 0.384 e. The van der Waals surface area contributed by atoms with Crippen LogP contribution >= 0.6 is 0 Å². The lowest BCUT2D eigenvalue weighted by molar-refractivity contribution is 0.384. The maximum absolute atomic E-state index is 12.0. The van der Waals surface area contributed by atoms with E-state index in [2.05, 4.69) is 9.88 Å². The molecule has 0 unspecified atom stereocenters. The normalized spacial score (nSPS) is 17.6. The maximum atomic E-state index is 12.0. The fourth-order valence-electron chi connectivity index (χ4n) is 2.20. The lowest BCUT2D eigenvalue weighted by Crippen LogP contribution is -2.49. The minimum atomic E-state index is -3.07. The highest BCUT2D eigenvalue weighted by molar-refractivity contribution is 7.89. The van der Waals surface area contributed by atoms with Gasteiger partial charge in [0.25, 0.3) is 0 Å². The molecule has 0 saturated carbocycles. The van der Waals surface area contributed by atoms with Crippen molar-refractivity contribution < 1.29 is 8.42 Å². The smallest absolute Gasteiger partial charge is 0.214 e. The van der Waals surface area contributed by atoms with Gasteiger partial charge in [-0.15, -0.1) is 0 Å². The summed E-state index contributed by atoms with van der Waals surface area (Å²) < 4.78 is 25.5. The first-order chi connectivity index (χ1) is 9.03. The molecular formula is C12H20N4O2S. The highest BCUT2D eigenvalue weighted by Crippen LogP contribution is 2.17. The zero-order valence-electron chi connectivity index (χ0n) is 11.1. The van der Waals surface area contributed by atoms with Gasteiger partial charge in [-0.05, 0) is 18.6 Å². The number of anilines is 2. The number of nitrogens with zero attached hydrogens (tertiary/aromatic N) is 3. The Balaban J connectivity index is 1.98. The summed E-state index contributed by atoms with van der Waals surface area (Å²) in [6.07, 6.45) is 2.38. The molecule has 1 aromatic heterocycles. The van der Waals surface area contributed by atoms with Crippen LogP contribution in [0.3, 0.4) is 0 Å². The summed E-state index contributed by atoms with van der Waals surface area (Å²) in [5.41, 5.74) is 6.54. The summed E-state index contributed by atoms with van der Waals surface area (Å²) in [4.78, 5) is 6.19. The first-order valence-corrected chi connectivity index (χ1v) is 8.08. The van der Waals surface area contributed by atoms with Gasteiger partial charge in [0.2, 0.25) is 10.0 Å². The molecule has 2 N–H and O–H groups in total. The van der Waals surface area contributed by atoms with Crippen molar-refractivity contribution >= 4 is 21.5 Å². The van der Waals surface area contributed by atoms with Gasteiger partial charge in [0.1, 0.15) is 5.82 Å². The van der Waals surface area contributed by atoms with Crippen LogP contribution in [-0.2, 0) is 10.0 Å².